The lowest BCUT2D eigenvalue weighted by molar-refractivity contribution is 0.102. The van der Waals surface area contributed by atoms with E-state index in [9.17, 15) is 4.79 Å². The highest BCUT2D eigenvalue weighted by Crippen LogP contribution is 2.23. The molecule has 0 aliphatic rings. The number of amides is 1. The van der Waals surface area contributed by atoms with Crippen LogP contribution in [-0.4, -0.2) is 15.3 Å². The van der Waals surface area contributed by atoms with E-state index in [1.807, 2.05) is 34.9 Å². The summed E-state index contributed by atoms with van der Waals surface area (Å²) in [5.74, 6) is -0.167. The first-order valence-electron chi connectivity index (χ1n) is 7.58. The van der Waals surface area contributed by atoms with Gasteiger partial charge in [0, 0.05) is 18.1 Å². The molecule has 112 valence electrons. The largest absolute Gasteiger partial charge is 0.320 e. The van der Waals surface area contributed by atoms with Crippen molar-refractivity contribution in [2.45, 2.75) is 26.7 Å². The van der Waals surface area contributed by atoms with E-state index in [1.54, 1.807) is 6.20 Å². The lowest BCUT2D eigenvalue weighted by atomic mass is 10.0. The summed E-state index contributed by atoms with van der Waals surface area (Å²) in [6, 6.07) is 11.9. The van der Waals surface area contributed by atoms with Gasteiger partial charge in [-0.05, 0) is 36.1 Å². The topological polar surface area (TPSA) is 46.4 Å². The fraction of sp³-hybridized carbons (Fsp3) is 0.222. The van der Waals surface area contributed by atoms with Crippen molar-refractivity contribution >= 4 is 17.2 Å². The molecule has 0 atom stereocenters. The molecule has 22 heavy (non-hydrogen) atoms. The molecule has 1 aromatic carbocycles. The highest BCUT2D eigenvalue weighted by molar-refractivity contribution is 6.04. The first-order valence-corrected chi connectivity index (χ1v) is 7.58. The van der Waals surface area contributed by atoms with Crippen LogP contribution >= 0.6 is 0 Å². The van der Waals surface area contributed by atoms with Crippen LogP contribution in [0, 0.1) is 0 Å². The molecule has 2 aromatic heterocycles. The fourth-order valence-corrected chi connectivity index (χ4v) is 2.62. The third kappa shape index (κ3) is 2.60. The van der Waals surface area contributed by atoms with Gasteiger partial charge in [-0.3, -0.25) is 4.79 Å². The van der Waals surface area contributed by atoms with Crippen LogP contribution in [0.4, 0.5) is 5.69 Å². The molecule has 0 spiro atoms. The van der Waals surface area contributed by atoms with Crippen molar-refractivity contribution in [1.82, 2.24) is 9.38 Å². The Kier molecular flexibility index (Phi) is 3.92. The molecule has 0 aliphatic heterocycles. The maximum atomic E-state index is 12.5. The van der Waals surface area contributed by atoms with Crippen molar-refractivity contribution < 1.29 is 4.79 Å². The maximum absolute atomic E-state index is 12.5. The van der Waals surface area contributed by atoms with Crippen LogP contribution in [0.1, 0.15) is 35.5 Å². The van der Waals surface area contributed by atoms with E-state index in [0.717, 1.165) is 35.3 Å². The molecule has 0 aliphatic carbocycles. The zero-order valence-electron chi connectivity index (χ0n) is 12.8. The minimum Gasteiger partial charge on any atom is -0.320 e. The Hall–Kier alpha value is -2.62. The van der Waals surface area contributed by atoms with Crippen LogP contribution in [0.25, 0.3) is 5.65 Å². The third-order valence-electron chi connectivity index (χ3n) is 3.83. The third-order valence-corrected chi connectivity index (χ3v) is 3.83. The molecule has 0 saturated heterocycles. The highest BCUT2D eigenvalue weighted by Gasteiger charge is 2.14. The van der Waals surface area contributed by atoms with Crippen molar-refractivity contribution in [3.8, 4) is 0 Å². The summed E-state index contributed by atoms with van der Waals surface area (Å²) >= 11 is 0. The number of nitrogens with zero attached hydrogens (tertiary/aromatic N) is 2. The molecule has 3 aromatic rings. The molecule has 3 rings (SSSR count). The van der Waals surface area contributed by atoms with Crippen LogP contribution in [-0.2, 0) is 12.8 Å². The van der Waals surface area contributed by atoms with Crippen LogP contribution in [0.15, 0.2) is 48.8 Å². The summed E-state index contributed by atoms with van der Waals surface area (Å²) in [5, 5.41) is 3.04. The van der Waals surface area contributed by atoms with Crippen LogP contribution in [0.3, 0.4) is 0 Å². The van der Waals surface area contributed by atoms with Crippen LogP contribution in [0.5, 0.6) is 0 Å². The second kappa shape index (κ2) is 6.02. The molecular weight excluding hydrogens is 274 g/mol. The number of imidazole rings is 1. The Morgan fingerprint density at radius 3 is 2.45 bits per heavy atom. The second-order valence-corrected chi connectivity index (χ2v) is 5.20. The maximum Gasteiger partial charge on any atom is 0.275 e. The summed E-state index contributed by atoms with van der Waals surface area (Å²) in [6.45, 7) is 4.19. The van der Waals surface area contributed by atoms with Crippen LogP contribution in [0.2, 0.25) is 0 Å². The Morgan fingerprint density at radius 1 is 1.09 bits per heavy atom. The predicted octanol–water partition coefficient (Wildman–Crippen LogP) is 3.71. The van der Waals surface area contributed by atoms with Gasteiger partial charge in [0.25, 0.3) is 5.91 Å². The first-order chi connectivity index (χ1) is 10.7. The Balaban J connectivity index is 1.94. The van der Waals surface area contributed by atoms with Crippen molar-refractivity contribution in [1.29, 1.82) is 0 Å². The standard InChI is InChI=1S/C18H19N3O/c1-3-13-8-7-9-14(4-2)17(13)20-18(22)15-12-21-11-6-5-10-16(21)19-15/h5-12H,3-4H2,1-2H3,(H,20,22). The summed E-state index contributed by atoms with van der Waals surface area (Å²) in [5.41, 5.74) is 4.42. The van der Waals surface area contributed by atoms with Crippen molar-refractivity contribution in [3.63, 3.8) is 0 Å². The van der Waals surface area contributed by atoms with Gasteiger partial charge in [0.05, 0.1) is 0 Å². The van der Waals surface area contributed by atoms with Gasteiger partial charge in [0.15, 0.2) is 0 Å². The molecule has 1 N–H and O–H groups in total. The quantitative estimate of drug-likeness (QED) is 0.797. The number of hydrogen-bond donors (Lipinski definition) is 1. The van der Waals surface area contributed by atoms with Crippen molar-refractivity contribution in [3.05, 3.63) is 65.6 Å². The molecule has 0 radical (unpaired) electrons. The number of nitrogens with one attached hydrogen (secondary N) is 1. The smallest absolute Gasteiger partial charge is 0.275 e. The molecular formula is C18H19N3O. The minimum atomic E-state index is -0.167. The van der Waals surface area contributed by atoms with E-state index in [0.29, 0.717) is 5.69 Å². The number of para-hydroxylation sites is 1. The number of rotatable bonds is 4. The number of aromatic nitrogens is 2. The molecule has 0 unspecified atom stereocenters. The summed E-state index contributed by atoms with van der Waals surface area (Å²) in [7, 11) is 0. The lowest BCUT2D eigenvalue weighted by Gasteiger charge is -2.13. The predicted molar refractivity (Wildman–Crippen MR) is 88.3 cm³/mol. The average Bonchev–Trinajstić information content (AvgIpc) is 2.99. The molecule has 4 heteroatoms. The van der Waals surface area contributed by atoms with Crippen molar-refractivity contribution in [2.24, 2.45) is 0 Å². The van der Waals surface area contributed by atoms with Gasteiger partial charge in [-0.2, -0.15) is 0 Å². The molecule has 0 saturated carbocycles. The highest BCUT2D eigenvalue weighted by atomic mass is 16.1. The van der Waals surface area contributed by atoms with Crippen LogP contribution < -0.4 is 5.32 Å². The zero-order valence-corrected chi connectivity index (χ0v) is 12.8. The second-order valence-electron chi connectivity index (χ2n) is 5.20. The molecule has 0 bridgehead atoms. The zero-order chi connectivity index (χ0) is 15.5. The number of hydrogen-bond acceptors (Lipinski definition) is 2. The molecule has 4 nitrogen and oxygen atoms in total. The Labute approximate surface area is 129 Å². The summed E-state index contributed by atoms with van der Waals surface area (Å²) < 4.78 is 1.85. The van der Waals surface area contributed by atoms with E-state index in [4.69, 9.17) is 0 Å². The van der Waals surface area contributed by atoms with Gasteiger partial charge in [0.2, 0.25) is 0 Å². The van der Waals surface area contributed by atoms with Gasteiger partial charge in [0.1, 0.15) is 11.3 Å². The van der Waals surface area contributed by atoms with E-state index in [-0.39, 0.29) is 5.91 Å². The van der Waals surface area contributed by atoms with Gasteiger partial charge >= 0.3 is 0 Å². The van der Waals surface area contributed by atoms with Gasteiger partial charge in [-0.1, -0.05) is 38.1 Å². The SMILES string of the molecule is CCc1cccc(CC)c1NC(=O)c1cn2ccccc2n1. The van der Waals surface area contributed by atoms with Gasteiger partial charge < -0.3 is 9.72 Å². The van der Waals surface area contributed by atoms with E-state index in [1.165, 1.54) is 0 Å². The number of carbonyl (C=O) groups is 1. The Bertz CT molecular complexity index is 765. The van der Waals surface area contributed by atoms with Gasteiger partial charge in [-0.25, -0.2) is 4.98 Å². The lowest BCUT2D eigenvalue weighted by Crippen LogP contribution is -2.15. The van der Waals surface area contributed by atoms with Crippen molar-refractivity contribution in [2.75, 3.05) is 5.32 Å². The minimum absolute atomic E-state index is 0.167. The number of carbonyl (C=O) groups excluding carboxylic acids is 1. The average molecular weight is 293 g/mol. The van der Waals surface area contributed by atoms with E-state index >= 15 is 0 Å². The number of anilines is 1. The summed E-state index contributed by atoms with van der Waals surface area (Å²) in [6.07, 6.45) is 5.41. The first kappa shape index (κ1) is 14.3. The fourth-order valence-electron chi connectivity index (χ4n) is 2.62. The van der Waals surface area contributed by atoms with Gasteiger partial charge in [-0.15, -0.1) is 0 Å². The van der Waals surface area contributed by atoms with E-state index < -0.39 is 0 Å². The normalized spacial score (nSPS) is 10.8. The number of aryl methyl sites for hydroxylation is 2. The summed E-state index contributed by atoms with van der Waals surface area (Å²) in [4.78, 5) is 16.9. The monoisotopic (exact) mass is 293 g/mol. The molecule has 1 amide bonds. The Morgan fingerprint density at radius 2 is 1.82 bits per heavy atom. The number of pyridine rings is 1. The number of fused-ring (bicyclic) bond motifs is 1. The molecule has 2 heterocycles. The molecule has 0 fully saturated rings. The number of benzene rings is 1. The van der Waals surface area contributed by atoms with E-state index in [2.05, 4.69) is 36.3 Å².